The van der Waals surface area contributed by atoms with Gasteiger partial charge in [0.2, 0.25) is 5.91 Å². The van der Waals surface area contributed by atoms with Gasteiger partial charge in [-0.05, 0) is 43.9 Å². The van der Waals surface area contributed by atoms with Crippen LogP contribution >= 0.6 is 12.4 Å². The number of nitrogens with two attached hydrogens (primary N) is 1. The first-order valence-electron chi connectivity index (χ1n) is 7.35. The average Bonchev–Trinajstić information content (AvgIpc) is 2.43. The molecule has 0 radical (unpaired) electrons. The molecule has 1 aromatic rings. The van der Waals surface area contributed by atoms with Gasteiger partial charge in [0.05, 0.1) is 6.61 Å². The Kier molecular flexibility index (Phi) is 10.7. The van der Waals surface area contributed by atoms with Crippen molar-refractivity contribution in [1.82, 2.24) is 5.32 Å². The molecule has 0 aromatic heterocycles. The van der Waals surface area contributed by atoms with Crippen LogP contribution in [0.15, 0.2) is 24.3 Å². The smallest absolute Gasteiger partial charge is 0.220 e. The SMILES string of the molecule is CCCOc1ccc(CCC(=O)NCCC(C)N)cc1.Cl. The number of benzene rings is 1. The normalized spacial score (nSPS) is 11.4. The number of aryl methyl sites for hydroxylation is 1. The molecule has 21 heavy (non-hydrogen) atoms. The van der Waals surface area contributed by atoms with Crippen LogP contribution in [0.1, 0.15) is 38.7 Å². The zero-order valence-electron chi connectivity index (χ0n) is 12.9. The lowest BCUT2D eigenvalue weighted by atomic mass is 10.1. The van der Waals surface area contributed by atoms with Gasteiger partial charge < -0.3 is 15.8 Å². The lowest BCUT2D eigenvalue weighted by Crippen LogP contribution is -2.29. The molecule has 0 spiro atoms. The third kappa shape index (κ3) is 9.32. The molecule has 5 heteroatoms. The first-order chi connectivity index (χ1) is 9.61. The second kappa shape index (κ2) is 11.4. The predicted octanol–water partition coefficient (Wildman–Crippen LogP) is 2.68. The zero-order valence-corrected chi connectivity index (χ0v) is 13.7. The van der Waals surface area contributed by atoms with E-state index in [9.17, 15) is 4.79 Å². The third-order valence-electron chi connectivity index (χ3n) is 2.96. The summed E-state index contributed by atoms with van der Waals surface area (Å²) in [6.07, 6.45) is 3.07. The lowest BCUT2D eigenvalue weighted by molar-refractivity contribution is -0.121. The topological polar surface area (TPSA) is 64.3 Å². The van der Waals surface area contributed by atoms with E-state index in [4.69, 9.17) is 10.5 Å². The van der Waals surface area contributed by atoms with Crippen LogP contribution in [0, 0.1) is 0 Å². The van der Waals surface area contributed by atoms with Gasteiger partial charge in [0, 0.05) is 19.0 Å². The standard InChI is InChI=1S/C16H26N2O2.ClH/c1-3-12-20-15-7-4-14(5-8-15)6-9-16(19)18-11-10-13(2)17;/h4-5,7-8,13H,3,6,9-12,17H2,1-2H3,(H,18,19);1H. The number of carbonyl (C=O) groups is 1. The van der Waals surface area contributed by atoms with E-state index in [0.717, 1.165) is 37.2 Å². The Labute approximate surface area is 133 Å². The quantitative estimate of drug-likeness (QED) is 0.736. The predicted molar refractivity (Wildman–Crippen MR) is 89.1 cm³/mol. The van der Waals surface area contributed by atoms with Crippen molar-refractivity contribution in [1.29, 1.82) is 0 Å². The number of rotatable bonds is 9. The summed E-state index contributed by atoms with van der Waals surface area (Å²) >= 11 is 0. The number of hydrogen-bond acceptors (Lipinski definition) is 3. The Bertz CT molecular complexity index is 394. The highest BCUT2D eigenvalue weighted by molar-refractivity contribution is 5.85. The molecular weight excluding hydrogens is 288 g/mol. The fourth-order valence-electron chi connectivity index (χ4n) is 1.76. The first-order valence-corrected chi connectivity index (χ1v) is 7.35. The summed E-state index contributed by atoms with van der Waals surface area (Å²) in [5.41, 5.74) is 6.78. The molecule has 0 bridgehead atoms. The maximum absolute atomic E-state index is 11.6. The highest BCUT2D eigenvalue weighted by atomic mass is 35.5. The van der Waals surface area contributed by atoms with Crippen molar-refractivity contribution in [2.45, 2.75) is 45.6 Å². The molecule has 0 saturated carbocycles. The largest absolute Gasteiger partial charge is 0.494 e. The molecule has 3 N–H and O–H groups in total. The summed E-state index contributed by atoms with van der Waals surface area (Å²) in [4.78, 5) is 11.6. The second-order valence-corrected chi connectivity index (χ2v) is 5.11. The Morgan fingerprint density at radius 1 is 1.33 bits per heavy atom. The molecule has 0 fully saturated rings. The molecule has 120 valence electrons. The maximum atomic E-state index is 11.6. The van der Waals surface area contributed by atoms with Crippen molar-refractivity contribution < 1.29 is 9.53 Å². The van der Waals surface area contributed by atoms with E-state index in [1.165, 1.54) is 0 Å². The minimum atomic E-state index is 0. The zero-order chi connectivity index (χ0) is 14.8. The van der Waals surface area contributed by atoms with Gasteiger partial charge in [-0.15, -0.1) is 12.4 Å². The summed E-state index contributed by atoms with van der Waals surface area (Å²) in [6, 6.07) is 8.07. The summed E-state index contributed by atoms with van der Waals surface area (Å²) in [7, 11) is 0. The molecule has 0 saturated heterocycles. The molecular formula is C16H27ClN2O2. The van der Waals surface area contributed by atoms with E-state index < -0.39 is 0 Å². The van der Waals surface area contributed by atoms with E-state index in [2.05, 4.69) is 12.2 Å². The fraction of sp³-hybridized carbons (Fsp3) is 0.562. The summed E-state index contributed by atoms with van der Waals surface area (Å²) in [5, 5.41) is 2.88. The van der Waals surface area contributed by atoms with Gasteiger partial charge in [0.1, 0.15) is 5.75 Å². The van der Waals surface area contributed by atoms with Crippen molar-refractivity contribution in [3.63, 3.8) is 0 Å². The van der Waals surface area contributed by atoms with Crippen molar-refractivity contribution in [3.8, 4) is 5.75 Å². The van der Waals surface area contributed by atoms with Gasteiger partial charge in [-0.25, -0.2) is 0 Å². The van der Waals surface area contributed by atoms with Gasteiger partial charge in [-0.1, -0.05) is 19.1 Å². The highest BCUT2D eigenvalue weighted by Crippen LogP contribution is 2.13. The van der Waals surface area contributed by atoms with Crippen LogP contribution in [-0.4, -0.2) is 25.1 Å². The summed E-state index contributed by atoms with van der Waals surface area (Å²) in [5.74, 6) is 0.967. The van der Waals surface area contributed by atoms with E-state index in [1.807, 2.05) is 31.2 Å². The summed E-state index contributed by atoms with van der Waals surface area (Å²) < 4.78 is 5.52. The maximum Gasteiger partial charge on any atom is 0.220 e. The number of amides is 1. The number of ether oxygens (including phenoxy) is 1. The number of carbonyl (C=O) groups excluding carboxylic acids is 1. The molecule has 1 aromatic carbocycles. The molecule has 1 amide bonds. The van der Waals surface area contributed by atoms with Gasteiger partial charge in [-0.2, -0.15) is 0 Å². The van der Waals surface area contributed by atoms with Crippen molar-refractivity contribution >= 4 is 18.3 Å². The van der Waals surface area contributed by atoms with Gasteiger partial charge in [-0.3, -0.25) is 4.79 Å². The highest BCUT2D eigenvalue weighted by Gasteiger charge is 2.03. The van der Waals surface area contributed by atoms with Crippen molar-refractivity contribution in [3.05, 3.63) is 29.8 Å². The van der Waals surface area contributed by atoms with Crippen LogP contribution in [0.3, 0.4) is 0 Å². The van der Waals surface area contributed by atoms with Crippen LogP contribution in [0.25, 0.3) is 0 Å². The molecule has 0 aliphatic carbocycles. The van der Waals surface area contributed by atoms with Crippen LogP contribution in [0.4, 0.5) is 0 Å². The summed E-state index contributed by atoms with van der Waals surface area (Å²) in [6.45, 7) is 5.41. The molecule has 1 atom stereocenters. The van der Waals surface area contributed by atoms with Crippen LogP contribution in [0.2, 0.25) is 0 Å². The Balaban J connectivity index is 0.00000400. The van der Waals surface area contributed by atoms with Crippen molar-refractivity contribution in [2.75, 3.05) is 13.2 Å². The molecule has 0 aliphatic heterocycles. The first kappa shape index (κ1) is 19.7. The number of hydrogen-bond donors (Lipinski definition) is 2. The van der Waals surface area contributed by atoms with E-state index in [0.29, 0.717) is 13.0 Å². The third-order valence-corrected chi connectivity index (χ3v) is 2.96. The number of halogens is 1. The molecule has 4 nitrogen and oxygen atoms in total. The fourth-order valence-corrected chi connectivity index (χ4v) is 1.76. The Morgan fingerprint density at radius 2 is 2.00 bits per heavy atom. The minimum Gasteiger partial charge on any atom is -0.494 e. The van der Waals surface area contributed by atoms with Gasteiger partial charge >= 0.3 is 0 Å². The van der Waals surface area contributed by atoms with E-state index in [-0.39, 0.29) is 24.4 Å². The van der Waals surface area contributed by atoms with Crippen LogP contribution in [0.5, 0.6) is 5.75 Å². The van der Waals surface area contributed by atoms with E-state index >= 15 is 0 Å². The Hall–Kier alpha value is -1.26. The Morgan fingerprint density at radius 3 is 2.57 bits per heavy atom. The number of nitrogens with one attached hydrogen (secondary N) is 1. The van der Waals surface area contributed by atoms with Crippen LogP contribution < -0.4 is 15.8 Å². The van der Waals surface area contributed by atoms with Crippen LogP contribution in [-0.2, 0) is 11.2 Å². The van der Waals surface area contributed by atoms with Gasteiger partial charge in [0.15, 0.2) is 0 Å². The van der Waals surface area contributed by atoms with Gasteiger partial charge in [0.25, 0.3) is 0 Å². The lowest BCUT2D eigenvalue weighted by Gasteiger charge is -2.08. The van der Waals surface area contributed by atoms with E-state index in [1.54, 1.807) is 0 Å². The molecule has 0 aliphatic rings. The average molecular weight is 315 g/mol. The monoisotopic (exact) mass is 314 g/mol. The molecule has 1 unspecified atom stereocenters. The molecule has 1 rings (SSSR count). The minimum absolute atomic E-state index is 0. The van der Waals surface area contributed by atoms with Crippen molar-refractivity contribution in [2.24, 2.45) is 5.73 Å². The molecule has 0 heterocycles. The second-order valence-electron chi connectivity index (χ2n) is 5.11.